The maximum Gasteiger partial charge on any atom is 0.253 e. The van der Waals surface area contributed by atoms with E-state index in [1.165, 1.54) is 0 Å². The Kier molecular flexibility index (Phi) is 5.26. The van der Waals surface area contributed by atoms with Crippen molar-refractivity contribution >= 4 is 23.3 Å². The van der Waals surface area contributed by atoms with Crippen LogP contribution >= 0.6 is 11.6 Å². The maximum atomic E-state index is 12.9. The van der Waals surface area contributed by atoms with Crippen molar-refractivity contribution < 1.29 is 9.59 Å². The summed E-state index contributed by atoms with van der Waals surface area (Å²) in [6.45, 7) is 1.12. The lowest BCUT2D eigenvalue weighted by molar-refractivity contribution is 0.0637. The fourth-order valence-electron chi connectivity index (χ4n) is 3.60. The minimum Gasteiger partial charge on any atom is -0.338 e. The zero-order valence-electron chi connectivity index (χ0n) is 15.3. The van der Waals surface area contributed by atoms with Crippen molar-refractivity contribution in [2.24, 2.45) is 5.92 Å². The molecule has 0 N–H and O–H groups in total. The van der Waals surface area contributed by atoms with E-state index < -0.39 is 0 Å². The van der Waals surface area contributed by atoms with Gasteiger partial charge >= 0.3 is 0 Å². The number of nitrogens with zero attached hydrogens (tertiary/aromatic N) is 3. The number of likely N-dealkylation sites (tertiary alicyclic amines) is 1. The lowest BCUT2D eigenvalue weighted by Gasteiger charge is -2.32. The van der Waals surface area contributed by atoms with Gasteiger partial charge in [0.05, 0.1) is 6.33 Å². The molecule has 3 aromatic rings. The number of carbonyl (C=O) groups is 2. The summed E-state index contributed by atoms with van der Waals surface area (Å²) in [4.78, 5) is 31.5. The van der Waals surface area contributed by atoms with Crippen LogP contribution in [-0.4, -0.2) is 39.2 Å². The molecule has 1 aromatic heterocycles. The number of Topliss-reactive ketones (excluding diaryl/α,β-unsaturated/α-hetero) is 1. The molecule has 1 aliphatic heterocycles. The van der Waals surface area contributed by atoms with Crippen LogP contribution in [-0.2, 0) is 0 Å². The van der Waals surface area contributed by atoms with Crippen LogP contribution in [0.2, 0.25) is 5.02 Å². The van der Waals surface area contributed by atoms with E-state index in [4.69, 9.17) is 11.6 Å². The summed E-state index contributed by atoms with van der Waals surface area (Å²) in [5, 5.41) is 0.608. The number of piperidine rings is 1. The number of hydrogen-bond acceptors (Lipinski definition) is 3. The number of amides is 1. The van der Waals surface area contributed by atoms with Crippen LogP contribution < -0.4 is 0 Å². The monoisotopic (exact) mass is 393 g/mol. The summed E-state index contributed by atoms with van der Waals surface area (Å²) in [7, 11) is 0. The molecular weight excluding hydrogens is 374 g/mol. The van der Waals surface area contributed by atoms with Crippen molar-refractivity contribution in [3.63, 3.8) is 0 Å². The number of benzene rings is 2. The molecule has 1 aliphatic rings. The number of halogens is 1. The van der Waals surface area contributed by atoms with Crippen LogP contribution in [0.3, 0.4) is 0 Å². The summed E-state index contributed by atoms with van der Waals surface area (Å²) < 4.78 is 1.88. The highest BCUT2D eigenvalue weighted by Gasteiger charge is 2.29. The molecule has 2 aromatic carbocycles. The largest absolute Gasteiger partial charge is 0.338 e. The number of ketones is 1. The van der Waals surface area contributed by atoms with Crippen molar-refractivity contribution in [3.8, 4) is 5.69 Å². The zero-order chi connectivity index (χ0) is 19.5. The lowest BCUT2D eigenvalue weighted by Crippen LogP contribution is -2.42. The first-order chi connectivity index (χ1) is 13.6. The van der Waals surface area contributed by atoms with Gasteiger partial charge in [0, 0.05) is 53.2 Å². The van der Waals surface area contributed by atoms with E-state index in [0.717, 1.165) is 18.5 Å². The SMILES string of the molecule is O=C(c1ccc(Cl)cc1)[C@@H]1CCCN(C(=O)c2ccc(-n3ccnc3)cc2)C1. The topological polar surface area (TPSA) is 55.2 Å². The number of carbonyl (C=O) groups excluding carboxylic acids is 2. The molecule has 1 amide bonds. The fraction of sp³-hybridized carbons (Fsp3) is 0.227. The van der Waals surface area contributed by atoms with Crippen molar-refractivity contribution in [2.45, 2.75) is 12.8 Å². The van der Waals surface area contributed by atoms with Gasteiger partial charge < -0.3 is 9.47 Å². The predicted octanol–water partition coefficient (Wildman–Crippen LogP) is 4.26. The van der Waals surface area contributed by atoms with Crippen LogP contribution in [0.1, 0.15) is 33.6 Å². The van der Waals surface area contributed by atoms with Gasteiger partial charge in [-0.1, -0.05) is 11.6 Å². The molecule has 0 spiro atoms. The zero-order valence-corrected chi connectivity index (χ0v) is 16.0. The van der Waals surface area contributed by atoms with Crippen molar-refractivity contribution in [3.05, 3.63) is 83.4 Å². The van der Waals surface area contributed by atoms with Gasteiger partial charge in [-0.05, 0) is 61.4 Å². The first-order valence-corrected chi connectivity index (χ1v) is 9.67. The van der Waals surface area contributed by atoms with E-state index in [1.54, 1.807) is 41.7 Å². The number of rotatable bonds is 4. The van der Waals surface area contributed by atoms with E-state index in [9.17, 15) is 9.59 Å². The van der Waals surface area contributed by atoms with Gasteiger partial charge in [0.1, 0.15) is 0 Å². The highest BCUT2D eigenvalue weighted by atomic mass is 35.5. The Morgan fingerprint density at radius 2 is 1.71 bits per heavy atom. The minimum absolute atomic E-state index is 0.0363. The van der Waals surface area contributed by atoms with Crippen LogP contribution in [0.4, 0.5) is 0 Å². The smallest absolute Gasteiger partial charge is 0.253 e. The third-order valence-corrected chi connectivity index (χ3v) is 5.38. The second-order valence-corrected chi connectivity index (χ2v) is 7.41. The number of hydrogen-bond donors (Lipinski definition) is 0. The standard InChI is InChI=1S/C22H20ClN3O2/c23-19-7-3-16(4-8-19)21(27)18-2-1-12-25(14-18)22(28)17-5-9-20(10-6-17)26-13-11-24-15-26/h3-11,13,15,18H,1-2,12,14H2/t18-/m1/s1. The molecule has 1 fully saturated rings. The van der Waals surface area contributed by atoms with Gasteiger partial charge in [-0.3, -0.25) is 9.59 Å². The van der Waals surface area contributed by atoms with Crippen molar-refractivity contribution in [1.82, 2.24) is 14.5 Å². The van der Waals surface area contributed by atoms with Crippen LogP contribution in [0.15, 0.2) is 67.3 Å². The minimum atomic E-state index is -0.177. The quantitative estimate of drug-likeness (QED) is 0.622. The molecule has 6 heteroatoms. The average Bonchev–Trinajstić information content (AvgIpc) is 3.28. The Bertz CT molecular complexity index is 966. The third kappa shape index (κ3) is 3.85. The molecule has 0 unspecified atom stereocenters. The van der Waals surface area contributed by atoms with Crippen LogP contribution in [0, 0.1) is 5.92 Å². The summed E-state index contributed by atoms with van der Waals surface area (Å²) in [6, 6.07) is 14.4. The molecule has 1 atom stereocenters. The Hall–Kier alpha value is -2.92. The van der Waals surface area contributed by atoms with Gasteiger partial charge in [-0.15, -0.1) is 0 Å². The Balaban J connectivity index is 1.46. The van der Waals surface area contributed by atoms with E-state index >= 15 is 0 Å². The summed E-state index contributed by atoms with van der Waals surface area (Å²) in [6.07, 6.45) is 6.90. The van der Waals surface area contributed by atoms with Crippen molar-refractivity contribution in [2.75, 3.05) is 13.1 Å². The summed E-state index contributed by atoms with van der Waals surface area (Å²) in [5.41, 5.74) is 2.22. The molecule has 0 bridgehead atoms. The average molecular weight is 394 g/mol. The van der Waals surface area contributed by atoms with E-state index in [2.05, 4.69) is 4.98 Å². The Labute approximate surface area is 168 Å². The maximum absolute atomic E-state index is 12.9. The Morgan fingerprint density at radius 1 is 1.00 bits per heavy atom. The second kappa shape index (κ2) is 7.98. The van der Waals surface area contributed by atoms with Gasteiger partial charge in [-0.2, -0.15) is 0 Å². The fourth-order valence-corrected chi connectivity index (χ4v) is 3.72. The summed E-state index contributed by atoms with van der Waals surface area (Å²) >= 11 is 5.91. The van der Waals surface area contributed by atoms with Crippen molar-refractivity contribution in [1.29, 1.82) is 0 Å². The van der Waals surface area contributed by atoms with Gasteiger partial charge in [0.2, 0.25) is 0 Å². The summed E-state index contributed by atoms with van der Waals surface area (Å²) in [5.74, 6) is -0.139. The Morgan fingerprint density at radius 3 is 2.39 bits per heavy atom. The first-order valence-electron chi connectivity index (χ1n) is 9.29. The highest BCUT2D eigenvalue weighted by molar-refractivity contribution is 6.30. The molecule has 0 radical (unpaired) electrons. The first kappa shape index (κ1) is 18.4. The predicted molar refractivity (Wildman–Crippen MR) is 108 cm³/mol. The molecule has 1 saturated heterocycles. The molecular formula is C22H20ClN3O2. The van der Waals surface area contributed by atoms with E-state index in [1.807, 2.05) is 35.0 Å². The normalized spacial score (nSPS) is 16.8. The third-order valence-electron chi connectivity index (χ3n) is 5.12. The molecule has 2 heterocycles. The van der Waals surface area contributed by atoms with Gasteiger partial charge in [0.15, 0.2) is 5.78 Å². The number of aromatic nitrogens is 2. The second-order valence-electron chi connectivity index (χ2n) is 6.98. The molecule has 4 rings (SSSR count). The van der Waals surface area contributed by atoms with Crippen LogP contribution in [0.25, 0.3) is 5.69 Å². The molecule has 0 aliphatic carbocycles. The van der Waals surface area contributed by atoms with Gasteiger partial charge in [-0.25, -0.2) is 4.98 Å². The molecule has 28 heavy (non-hydrogen) atoms. The highest BCUT2D eigenvalue weighted by Crippen LogP contribution is 2.23. The number of imidazole rings is 1. The van der Waals surface area contributed by atoms with E-state index in [0.29, 0.717) is 29.2 Å². The molecule has 0 saturated carbocycles. The lowest BCUT2D eigenvalue weighted by atomic mass is 9.89. The van der Waals surface area contributed by atoms with Gasteiger partial charge in [0.25, 0.3) is 5.91 Å². The molecule has 5 nitrogen and oxygen atoms in total. The van der Waals surface area contributed by atoms with E-state index in [-0.39, 0.29) is 17.6 Å². The molecule has 142 valence electrons. The van der Waals surface area contributed by atoms with Crippen LogP contribution in [0.5, 0.6) is 0 Å².